The minimum absolute atomic E-state index is 0.122. The van der Waals surface area contributed by atoms with Crippen LogP contribution in [0, 0.1) is 13.8 Å². The maximum atomic E-state index is 11.7. The molecule has 0 bridgehead atoms. The van der Waals surface area contributed by atoms with Crippen molar-refractivity contribution in [2.24, 2.45) is 0 Å². The van der Waals surface area contributed by atoms with E-state index in [0.29, 0.717) is 11.2 Å². The van der Waals surface area contributed by atoms with Crippen LogP contribution in [0.3, 0.4) is 0 Å². The average molecular weight is 359 g/mol. The first-order chi connectivity index (χ1) is 13.0. The molecule has 0 aliphatic carbocycles. The molecule has 4 aromatic rings. The van der Waals surface area contributed by atoms with E-state index in [9.17, 15) is 9.90 Å². The highest BCUT2D eigenvalue weighted by atomic mass is 16.5. The molecule has 0 unspecified atom stereocenters. The number of hydrogen-bond donors (Lipinski definition) is 2. The van der Waals surface area contributed by atoms with Crippen LogP contribution in [0.2, 0.25) is 0 Å². The number of fused-ring (bicyclic) bond motifs is 1. The van der Waals surface area contributed by atoms with Crippen molar-refractivity contribution in [2.45, 2.75) is 13.8 Å². The summed E-state index contributed by atoms with van der Waals surface area (Å²) in [6.07, 6.45) is 1.38. The molecular weight excluding hydrogens is 342 g/mol. The summed E-state index contributed by atoms with van der Waals surface area (Å²) in [6.45, 7) is 3.75. The first-order valence-corrected chi connectivity index (χ1v) is 8.46. The van der Waals surface area contributed by atoms with E-state index in [0.717, 1.165) is 33.7 Å². The van der Waals surface area contributed by atoms with Gasteiger partial charge in [0.15, 0.2) is 0 Å². The average Bonchev–Trinajstić information content (AvgIpc) is 3.00. The van der Waals surface area contributed by atoms with Crippen LogP contribution in [0.15, 0.2) is 59.3 Å². The molecular formula is C21H17N3O3. The maximum Gasteiger partial charge on any atom is 0.339 e. The molecule has 0 amide bonds. The summed E-state index contributed by atoms with van der Waals surface area (Å²) in [7, 11) is 0. The van der Waals surface area contributed by atoms with E-state index in [4.69, 9.17) is 4.52 Å². The van der Waals surface area contributed by atoms with Gasteiger partial charge < -0.3 is 14.9 Å². The van der Waals surface area contributed by atoms with Crippen molar-refractivity contribution in [1.29, 1.82) is 0 Å². The van der Waals surface area contributed by atoms with Crippen LogP contribution in [0.4, 0.5) is 11.4 Å². The number of rotatable bonds is 4. The van der Waals surface area contributed by atoms with Gasteiger partial charge in [-0.2, -0.15) is 0 Å². The second-order valence-electron chi connectivity index (χ2n) is 6.27. The zero-order chi connectivity index (χ0) is 19.0. The molecule has 2 aromatic carbocycles. The fourth-order valence-electron chi connectivity index (χ4n) is 3.21. The third kappa shape index (κ3) is 3.01. The number of nitrogens with zero attached hydrogens (tertiary/aromatic N) is 2. The van der Waals surface area contributed by atoms with Gasteiger partial charge in [-0.05, 0) is 37.6 Å². The Morgan fingerprint density at radius 2 is 1.89 bits per heavy atom. The minimum atomic E-state index is -1.03. The van der Waals surface area contributed by atoms with E-state index in [1.807, 2.05) is 62.4 Å². The number of para-hydroxylation sites is 1. The van der Waals surface area contributed by atoms with Gasteiger partial charge in [0.1, 0.15) is 11.3 Å². The van der Waals surface area contributed by atoms with Gasteiger partial charge in [-0.3, -0.25) is 4.98 Å². The number of carbonyl (C=O) groups is 1. The number of aromatic nitrogens is 2. The summed E-state index contributed by atoms with van der Waals surface area (Å²) in [5.41, 5.74) is 4.80. The Morgan fingerprint density at radius 1 is 1.11 bits per heavy atom. The first-order valence-electron chi connectivity index (χ1n) is 8.46. The van der Waals surface area contributed by atoms with Crippen LogP contribution in [-0.2, 0) is 0 Å². The third-order valence-electron chi connectivity index (χ3n) is 4.46. The highest BCUT2D eigenvalue weighted by Gasteiger charge is 2.17. The Balaban J connectivity index is 1.89. The fourth-order valence-corrected chi connectivity index (χ4v) is 3.21. The molecule has 0 saturated heterocycles. The van der Waals surface area contributed by atoms with Gasteiger partial charge in [-0.1, -0.05) is 35.5 Å². The number of aromatic carboxylic acids is 1. The number of carboxylic acid groups (broad SMARTS) is 1. The largest absolute Gasteiger partial charge is 0.478 e. The number of hydrogen-bond acceptors (Lipinski definition) is 5. The Hall–Kier alpha value is -3.67. The van der Waals surface area contributed by atoms with Gasteiger partial charge in [-0.15, -0.1) is 0 Å². The van der Waals surface area contributed by atoms with Crippen LogP contribution in [0.5, 0.6) is 0 Å². The van der Waals surface area contributed by atoms with Crippen LogP contribution in [0.25, 0.3) is 22.0 Å². The van der Waals surface area contributed by atoms with E-state index < -0.39 is 5.97 Å². The number of nitrogens with one attached hydrogen (secondary N) is 1. The lowest BCUT2D eigenvalue weighted by Gasteiger charge is -2.13. The Labute approximate surface area is 155 Å². The number of benzene rings is 2. The summed E-state index contributed by atoms with van der Waals surface area (Å²) >= 11 is 0. The molecule has 0 aliphatic heterocycles. The zero-order valence-electron chi connectivity index (χ0n) is 14.9. The number of anilines is 2. The fraction of sp³-hybridized carbons (Fsp3) is 0.0952. The Kier molecular flexibility index (Phi) is 4.08. The van der Waals surface area contributed by atoms with Gasteiger partial charge in [0.2, 0.25) is 0 Å². The number of carboxylic acids is 1. The SMILES string of the molecule is Cc1noc(C)c1-c1ccc2c(Nc3ccccc3)c(C(=O)O)cnc2c1. The van der Waals surface area contributed by atoms with Crippen LogP contribution in [0.1, 0.15) is 21.8 Å². The summed E-state index contributed by atoms with van der Waals surface area (Å²) in [5, 5.41) is 17.5. The molecule has 0 fully saturated rings. The quantitative estimate of drug-likeness (QED) is 0.536. The lowest BCUT2D eigenvalue weighted by Crippen LogP contribution is -2.04. The van der Waals surface area contributed by atoms with Crippen molar-refractivity contribution >= 4 is 28.2 Å². The Morgan fingerprint density at radius 3 is 2.56 bits per heavy atom. The van der Waals surface area contributed by atoms with Crippen molar-refractivity contribution in [3.05, 3.63) is 71.7 Å². The topological polar surface area (TPSA) is 88.2 Å². The minimum Gasteiger partial charge on any atom is -0.478 e. The third-order valence-corrected chi connectivity index (χ3v) is 4.46. The van der Waals surface area contributed by atoms with Crippen molar-refractivity contribution in [2.75, 3.05) is 5.32 Å². The van der Waals surface area contributed by atoms with E-state index in [1.54, 1.807) is 0 Å². The van der Waals surface area contributed by atoms with E-state index in [1.165, 1.54) is 6.20 Å². The highest BCUT2D eigenvalue weighted by Crippen LogP contribution is 2.34. The number of aryl methyl sites for hydroxylation is 2. The maximum absolute atomic E-state index is 11.7. The van der Waals surface area contributed by atoms with Crippen molar-refractivity contribution < 1.29 is 14.4 Å². The van der Waals surface area contributed by atoms with Gasteiger partial charge in [0.25, 0.3) is 0 Å². The van der Waals surface area contributed by atoms with E-state index >= 15 is 0 Å². The molecule has 134 valence electrons. The summed E-state index contributed by atoms with van der Waals surface area (Å²) in [5.74, 6) is -0.297. The molecule has 2 N–H and O–H groups in total. The molecule has 6 nitrogen and oxygen atoms in total. The van der Waals surface area contributed by atoms with Crippen molar-refractivity contribution in [3.63, 3.8) is 0 Å². The smallest absolute Gasteiger partial charge is 0.339 e. The molecule has 6 heteroatoms. The van der Waals surface area contributed by atoms with Crippen LogP contribution in [-0.4, -0.2) is 21.2 Å². The molecule has 0 spiro atoms. The monoisotopic (exact) mass is 359 g/mol. The molecule has 4 rings (SSSR count). The summed E-state index contributed by atoms with van der Waals surface area (Å²) < 4.78 is 5.25. The number of pyridine rings is 1. The molecule has 27 heavy (non-hydrogen) atoms. The molecule has 2 heterocycles. The second kappa shape index (κ2) is 6.57. The summed E-state index contributed by atoms with van der Waals surface area (Å²) in [6, 6.07) is 15.2. The molecule has 0 radical (unpaired) electrons. The predicted octanol–water partition coefficient (Wildman–Crippen LogP) is 4.95. The van der Waals surface area contributed by atoms with Gasteiger partial charge in [0.05, 0.1) is 16.9 Å². The molecule has 0 aliphatic rings. The Bertz CT molecular complexity index is 1130. The van der Waals surface area contributed by atoms with Crippen molar-refractivity contribution in [3.8, 4) is 11.1 Å². The van der Waals surface area contributed by atoms with Crippen LogP contribution >= 0.6 is 0 Å². The van der Waals surface area contributed by atoms with E-state index in [-0.39, 0.29) is 5.56 Å². The zero-order valence-corrected chi connectivity index (χ0v) is 14.9. The predicted molar refractivity (Wildman–Crippen MR) is 103 cm³/mol. The lowest BCUT2D eigenvalue weighted by molar-refractivity contribution is 0.0697. The standard InChI is InChI=1S/C21H17N3O3/c1-12-19(13(2)27-24-12)14-8-9-16-18(10-14)22-11-17(21(25)26)20(16)23-15-6-4-3-5-7-15/h3-11H,1-2H3,(H,22,23)(H,25,26). The second-order valence-corrected chi connectivity index (χ2v) is 6.27. The van der Waals surface area contributed by atoms with Crippen molar-refractivity contribution in [1.82, 2.24) is 10.1 Å². The van der Waals surface area contributed by atoms with E-state index in [2.05, 4.69) is 15.5 Å². The van der Waals surface area contributed by atoms with Gasteiger partial charge in [-0.25, -0.2) is 4.79 Å². The van der Waals surface area contributed by atoms with Crippen LogP contribution < -0.4 is 5.32 Å². The first kappa shape index (κ1) is 16.8. The molecule has 0 atom stereocenters. The normalized spacial score (nSPS) is 10.9. The highest BCUT2D eigenvalue weighted by molar-refractivity contribution is 6.06. The van der Waals surface area contributed by atoms with Gasteiger partial charge >= 0.3 is 5.97 Å². The molecule has 0 saturated carbocycles. The molecule has 2 aromatic heterocycles. The van der Waals surface area contributed by atoms with Gasteiger partial charge in [0, 0.05) is 22.8 Å². The summed E-state index contributed by atoms with van der Waals surface area (Å²) in [4.78, 5) is 16.1. The lowest BCUT2D eigenvalue weighted by atomic mass is 10.0.